The molecule has 0 radical (unpaired) electrons. The second-order valence-corrected chi connectivity index (χ2v) is 5.09. The van der Waals surface area contributed by atoms with E-state index in [4.69, 9.17) is 4.74 Å². The highest BCUT2D eigenvalue weighted by molar-refractivity contribution is 5.81. The Balaban J connectivity index is 2.30. The molecular weight excluding hydrogens is 188 g/mol. The maximum atomic E-state index is 10.9. The second kappa shape index (κ2) is 5.34. The lowest BCUT2D eigenvalue weighted by Gasteiger charge is -2.38. The predicted molar refractivity (Wildman–Crippen MR) is 61.5 cm³/mol. The first kappa shape index (κ1) is 12.3. The van der Waals surface area contributed by atoms with Crippen molar-refractivity contribution in [1.29, 1.82) is 0 Å². The van der Waals surface area contributed by atoms with E-state index < -0.39 is 0 Å². The molecule has 1 atom stereocenters. The molecule has 0 saturated heterocycles. The molecule has 1 aliphatic carbocycles. The zero-order valence-electron chi connectivity index (χ0n) is 9.92. The third-order valence-corrected chi connectivity index (χ3v) is 3.61. The van der Waals surface area contributed by atoms with Crippen molar-refractivity contribution >= 4 is 5.97 Å². The number of carbonyl (C=O) groups is 1. The Bertz CT molecular complexity index is 231. The van der Waals surface area contributed by atoms with E-state index in [1.165, 1.54) is 31.8 Å². The summed E-state index contributed by atoms with van der Waals surface area (Å²) in [5, 5.41) is 0. The summed E-state index contributed by atoms with van der Waals surface area (Å²) in [4.78, 5) is 10.9. The largest absolute Gasteiger partial charge is 0.463 e. The minimum Gasteiger partial charge on any atom is -0.463 e. The number of hydrogen-bond acceptors (Lipinski definition) is 2. The van der Waals surface area contributed by atoms with Crippen LogP contribution in [0.2, 0.25) is 0 Å². The monoisotopic (exact) mass is 210 g/mol. The van der Waals surface area contributed by atoms with Crippen LogP contribution in [0.4, 0.5) is 0 Å². The lowest BCUT2D eigenvalue weighted by atomic mass is 9.68. The maximum Gasteiger partial charge on any atom is 0.330 e. The third kappa shape index (κ3) is 3.69. The van der Waals surface area contributed by atoms with Gasteiger partial charge in [-0.3, -0.25) is 0 Å². The Labute approximate surface area is 92.7 Å². The first-order chi connectivity index (χ1) is 7.06. The molecule has 2 nitrogen and oxygen atoms in total. The van der Waals surface area contributed by atoms with Gasteiger partial charge in [0.1, 0.15) is 0 Å². The van der Waals surface area contributed by atoms with Crippen molar-refractivity contribution in [3.8, 4) is 0 Å². The van der Waals surface area contributed by atoms with E-state index in [-0.39, 0.29) is 5.97 Å². The van der Waals surface area contributed by atoms with Crippen LogP contribution < -0.4 is 0 Å². The zero-order chi connectivity index (χ0) is 11.3. The standard InChI is InChI=1S/C13H22O2/c1-4-12(14)15-10-8-11-7-5-6-9-13(11,2)3/h4,11H,1,5-10H2,2-3H3. The highest BCUT2D eigenvalue weighted by Gasteiger charge is 2.31. The molecule has 0 aromatic heterocycles. The van der Waals surface area contributed by atoms with E-state index in [2.05, 4.69) is 20.4 Å². The number of esters is 1. The molecule has 15 heavy (non-hydrogen) atoms. The van der Waals surface area contributed by atoms with Crippen LogP contribution in [0.25, 0.3) is 0 Å². The van der Waals surface area contributed by atoms with Gasteiger partial charge in [-0.15, -0.1) is 0 Å². The van der Waals surface area contributed by atoms with Gasteiger partial charge in [0.15, 0.2) is 0 Å². The Morgan fingerprint density at radius 1 is 1.53 bits per heavy atom. The van der Waals surface area contributed by atoms with Gasteiger partial charge in [-0.1, -0.05) is 33.3 Å². The first-order valence-electron chi connectivity index (χ1n) is 5.85. The second-order valence-electron chi connectivity index (χ2n) is 5.09. The molecule has 86 valence electrons. The SMILES string of the molecule is C=CC(=O)OCCC1CCCCC1(C)C. The zero-order valence-corrected chi connectivity index (χ0v) is 9.92. The van der Waals surface area contributed by atoms with Gasteiger partial charge in [0, 0.05) is 6.08 Å². The summed E-state index contributed by atoms with van der Waals surface area (Å²) < 4.78 is 5.03. The minimum atomic E-state index is -0.302. The van der Waals surface area contributed by atoms with E-state index in [9.17, 15) is 4.79 Å². The van der Waals surface area contributed by atoms with E-state index in [1.54, 1.807) is 0 Å². The Morgan fingerprint density at radius 2 is 2.27 bits per heavy atom. The number of ether oxygens (including phenoxy) is 1. The van der Waals surface area contributed by atoms with Gasteiger partial charge in [-0.05, 0) is 30.6 Å². The van der Waals surface area contributed by atoms with Crippen molar-refractivity contribution in [2.24, 2.45) is 11.3 Å². The molecule has 0 aromatic carbocycles. The van der Waals surface area contributed by atoms with Crippen molar-refractivity contribution in [3.63, 3.8) is 0 Å². The van der Waals surface area contributed by atoms with Crippen LogP contribution in [0.3, 0.4) is 0 Å². The van der Waals surface area contributed by atoms with Gasteiger partial charge in [-0.25, -0.2) is 4.79 Å². The first-order valence-corrected chi connectivity index (χ1v) is 5.85. The van der Waals surface area contributed by atoms with Gasteiger partial charge in [-0.2, -0.15) is 0 Å². The van der Waals surface area contributed by atoms with Crippen molar-refractivity contribution < 1.29 is 9.53 Å². The molecule has 0 amide bonds. The summed E-state index contributed by atoms with van der Waals surface area (Å²) in [7, 11) is 0. The Morgan fingerprint density at radius 3 is 2.87 bits per heavy atom. The highest BCUT2D eigenvalue weighted by Crippen LogP contribution is 2.42. The lowest BCUT2D eigenvalue weighted by molar-refractivity contribution is -0.138. The molecule has 0 heterocycles. The van der Waals surface area contributed by atoms with E-state index >= 15 is 0 Å². The van der Waals surface area contributed by atoms with E-state index in [0.717, 1.165) is 6.42 Å². The summed E-state index contributed by atoms with van der Waals surface area (Å²) in [6, 6.07) is 0. The van der Waals surface area contributed by atoms with Crippen LogP contribution in [-0.2, 0) is 9.53 Å². The molecule has 0 spiro atoms. The average molecular weight is 210 g/mol. The van der Waals surface area contributed by atoms with Crippen LogP contribution in [0.5, 0.6) is 0 Å². The summed E-state index contributed by atoms with van der Waals surface area (Å²) in [6.45, 7) is 8.57. The number of carbonyl (C=O) groups excluding carboxylic acids is 1. The van der Waals surface area contributed by atoms with Crippen molar-refractivity contribution in [3.05, 3.63) is 12.7 Å². The lowest BCUT2D eigenvalue weighted by Crippen LogP contribution is -2.29. The molecule has 0 aliphatic heterocycles. The molecule has 0 aromatic rings. The van der Waals surface area contributed by atoms with Crippen molar-refractivity contribution in [1.82, 2.24) is 0 Å². The molecule has 1 saturated carbocycles. The van der Waals surface area contributed by atoms with Crippen LogP contribution in [0.1, 0.15) is 46.0 Å². The fraction of sp³-hybridized carbons (Fsp3) is 0.769. The molecular formula is C13H22O2. The van der Waals surface area contributed by atoms with Crippen LogP contribution in [0.15, 0.2) is 12.7 Å². The van der Waals surface area contributed by atoms with E-state index in [0.29, 0.717) is 17.9 Å². The molecule has 1 rings (SSSR count). The Hall–Kier alpha value is -0.790. The number of rotatable bonds is 4. The Kier molecular flexibility index (Phi) is 4.37. The van der Waals surface area contributed by atoms with Crippen LogP contribution in [0, 0.1) is 11.3 Å². The quantitative estimate of drug-likeness (QED) is 0.525. The fourth-order valence-corrected chi connectivity index (χ4v) is 2.46. The summed E-state index contributed by atoms with van der Waals surface area (Å²) in [5.41, 5.74) is 0.416. The predicted octanol–water partition coefficient (Wildman–Crippen LogP) is 3.32. The number of hydrogen-bond donors (Lipinski definition) is 0. The molecule has 1 aliphatic rings. The van der Waals surface area contributed by atoms with Gasteiger partial charge < -0.3 is 4.74 Å². The average Bonchev–Trinajstić information content (AvgIpc) is 2.20. The van der Waals surface area contributed by atoms with Gasteiger partial charge in [0.25, 0.3) is 0 Å². The van der Waals surface area contributed by atoms with Crippen molar-refractivity contribution in [2.45, 2.75) is 46.0 Å². The minimum absolute atomic E-state index is 0.302. The normalized spacial score (nSPS) is 24.5. The topological polar surface area (TPSA) is 26.3 Å². The molecule has 1 fully saturated rings. The van der Waals surface area contributed by atoms with E-state index in [1.807, 2.05) is 0 Å². The van der Waals surface area contributed by atoms with Crippen molar-refractivity contribution in [2.75, 3.05) is 6.61 Å². The van der Waals surface area contributed by atoms with Gasteiger partial charge >= 0.3 is 5.97 Å². The van der Waals surface area contributed by atoms with Gasteiger partial charge in [0.2, 0.25) is 0 Å². The summed E-state index contributed by atoms with van der Waals surface area (Å²) in [5.74, 6) is 0.396. The smallest absolute Gasteiger partial charge is 0.330 e. The van der Waals surface area contributed by atoms with Crippen LogP contribution in [-0.4, -0.2) is 12.6 Å². The molecule has 2 heteroatoms. The fourth-order valence-electron chi connectivity index (χ4n) is 2.46. The molecule has 0 bridgehead atoms. The molecule has 0 N–H and O–H groups in total. The summed E-state index contributed by atoms with van der Waals surface area (Å²) in [6.07, 6.45) is 7.46. The van der Waals surface area contributed by atoms with Crippen LogP contribution >= 0.6 is 0 Å². The maximum absolute atomic E-state index is 10.9. The van der Waals surface area contributed by atoms with Gasteiger partial charge in [0.05, 0.1) is 6.61 Å². The summed E-state index contributed by atoms with van der Waals surface area (Å²) >= 11 is 0. The highest BCUT2D eigenvalue weighted by atomic mass is 16.5. The molecule has 1 unspecified atom stereocenters. The third-order valence-electron chi connectivity index (χ3n) is 3.61.